The molecule has 1 fully saturated rings. The van der Waals surface area contributed by atoms with Gasteiger partial charge in [0, 0.05) is 39.2 Å². The smallest absolute Gasteiger partial charge is 0.340 e. The number of para-hydroxylation sites is 1. The molecule has 1 N–H and O–H groups in total. The Morgan fingerprint density at radius 2 is 1.83 bits per heavy atom. The van der Waals surface area contributed by atoms with Gasteiger partial charge in [-0.15, -0.1) is 0 Å². The molecule has 0 aliphatic carbocycles. The van der Waals surface area contributed by atoms with E-state index in [1.807, 2.05) is 4.90 Å². The Morgan fingerprint density at radius 3 is 2.52 bits per heavy atom. The first-order valence-corrected chi connectivity index (χ1v) is 9.39. The first-order valence-electron chi connectivity index (χ1n) is 9.39. The molecule has 0 bridgehead atoms. The molecule has 9 nitrogen and oxygen atoms in total. The summed E-state index contributed by atoms with van der Waals surface area (Å²) in [4.78, 5) is 48.3. The standard InChI is InChI=1S/C20H23N5O4/c1-3-29-20(28)15-6-4-5-7-16(15)23-19(27)17-12-18(22-13-21-17)25-10-8-24(9-11-25)14(2)26/h4-7,12-13H,3,8-11H2,1-2H3,(H,23,27). The first kappa shape index (κ1) is 20.2. The van der Waals surface area contributed by atoms with Crippen LogP contribution in [0.4, 0.5) is 11.5 Å². The summed E-state index contributed by atoms with van der Waals surface area (Å²) in [5.41, 5.74) is 0.811. The zero-order valence-electron chi connectivity index (χ0n) is 16.4. The number of carbonyl (C=O) groups is 3. The van der Waals surface area contributed by atoms with E-state index in [9.17, 15) is 14.4 Å². The first-order chi connectivity index (χ1) is 14.0. The van der Waals surface area contributed by atoms with Gasteiger partial charge in [0.25, 0.3) is 5.91 Å². The summed E-state index contributed by atoms with van der Waals surface area (Å²) in [6, 6.07) is 8.25. The molecule has 2 aromatic rings. The number of aromatic nitrogens is 2. The van der Waals surface area contributed by atoms with E-state index in [0.29, 0.717) is 37.7 Å². The van der Waals surface area contributed by atoms with E-state index in [0.717, 1.165) is 0 Å². The van der Waals surface area contributed by atoms with Crippen LogP contribution in [0.1, 0.15) is 34.7 Å². The molecular weight excluding hydrogens is 374 g/mol. The van der Waals surface area contributed by atoms with Gasteiger partial charge < -0.3 is 19.9 Å². The lowest BCUT2D eigenvalue weighted by atomic mass is 10.1. The van der Waals surface area contributed by atoms with Crippen LogP contribution < -0.4 is 10.2 Å². The van der Waals surface area contributed by atoms with E-state index in [-0.39, 0.29) is 23.8 Å². The van der Waals surface area contributed by atoms with Gasteiger partial charge in [0.1, 0.15) is 17.8 Å². The quantitative estimate of drug-likeness (QED) is 0.764. The second kappa shape index (κ2) is 9.13. The van der Waals surface area contributed by atoms with Crippen LogP contribution in [-0.2, 0) is 9.53 Å². The van der Waals surface area contributed by atoms with Gasteiger partial charge in [-0.25, -0.2) is 14.8 Å². The monoisotopic (exact) mass is 397 g/mol. The van der Waals surface area contributed by atoms with Crippen molar-refractivity contribution in [3.63, 3.8) is 0 Å². The minimum atomic E-state index is -0.505. The Bertz CT molecular complexity index is 909. The largest absolute Gasteiger partial charge is 0.462 e. The van der Waals surface area contributed by atoms with Crippen LogP contribution in [0.25, 0.3) is 0 Å². The molecule has 1 aromatic carbocycles. The lowest BCUT2D eigenvalue weighted by Crippen LogP contribution is -2.48. The summed E-state index contributed by atoms with van der Waals surface area (Å²) >= 11 is 0. The minimum Gasteiger partial charge on any atom is -0.462 e. The molecule has 0 spiro atoms. The zero-order valence-corrected chi connectivity index (χ0v) is 16.4. The van der Waals surface area contributed by atoms with Crippen LogP contribution in [0.15, 0.2) is 36.7 Å². The summed E-state index contributed by atoms with van der Waals surface area (Å²) in [7, 11) is 0. The molecule has 0 saturated carbocycles. The van der Waals surface area contributed by atoms with E-state index in [4.69, 9.17) is 4.74 Å². The van der Waals surface area contributed by atoms with Gasteiger partial charge in [0.2, 0.25) is 5.91 Å². The molecule has 1 saturated heterocycles. The van der Waals surface area contributed by atoms with Gasteiger partial charge in [-0.3, -0.25) is 9.59 Å². The van der Waals surface area contributed by atoms with Crippen molar-refractivity contribution < 1.29 is 19.1 Å². The highest BCUT2D eigenvalue weighted by atomic mass is 16.5. The molecule has 2 heterocycles. The Hall–Kier alpha value is -3.49. The number of nitrogens with zero attached hydrogens (tertiary/aromatic N) is 4. The molecule has 152 valence electrons. The molecule has 9 heteroatoms. The average molecular weight is 397 g/mol. The van der Waals surface area contributed by atoms with Gasteiger partial charge >= 0.3 is 5.97 Å². The van der Waals surface area contributed by atoms with Crippen molar-refractivity contribution in [2.24, 2.45) is 0 Å². The molecule has 1 aliphatic heterocycles. The Balaban J connectivity index is 1.73. The zero-order chi connectivity index (χ0) is 20.8. The maximum atomic E-state index is 12.7. The molecular formula is C20H23N5O4. The predicted octanol–water partition coefficient (Wildman–Crippen LogP) is 1.57. The van der Waals surface area contributed by atoms with Crippen molar-refractivity contribution in [2.75, 3.05) is 43.0 Å². The lowest BCUT2D eigenvalue weighted by molar-refractivity contribution is -0.129. The number of piperazine rings is 1. The molecule has 2 amide bonds. The van der Waals surface area contributed by atoms with Crippen LogP contribution in [0.5, 0.6) is 0 Å². The number of rotatable bonds is 5. The molecule has 3 rings (SSSR count). The summed E-state index contributed by atoms with van der Waals surface area (Å²) in [6.07, 6.45) is 1.33. The predicted molar refractivity (Wildman–Crippen MR) is 107 cm³/mol. The number of benzene rings is 1. The topological polar surface area (TPSA) is 105 Å². The van der Waals surface area contributed by atoms with Gasteiger partial charge in [-0.2, -0.15) is 0 Å². The Labute approximate surface area is 168 Å². The van der Waals surface area contributed by atoms with Crippen molar-refractivity contribution in [3.05, 3.63) is 47.9 Å². The van der Waals surface area contributed by atoms with Crippen molar-refractivity contribution in [1.29, 1.82) is 0 Å². The third-order valence-corrected chi connectivity index (χ3v) is 4.60. The Kier molecular flexibility index (Phi) is 6.38. The summed E-state index contributed by atoms with van der Waals surface area (Å²) in [5, 5.41) is 2.72. The second-order valence-electron chi connectivity index (χ2n) is 6.47. The van der Waals surface area contributed by atoms with Crippen molar-refractivity contribution in [2.45, 2.75) is 13.8 Å². The van der Waals surface area contributed by atoms with E-state index in [2.05, 4.69) is 15.3 Å². The maximum Gasteiger partial charge on any atom is 0.340 e. The Morgan fingerprint density at radius 1 is 1.10 bits per heavy atom. The number of anilines is 2. The molecule has 0 atom stereocenters. The van der Waals surface area contributed by atoms with E-state index >= 15 is 0 Å². The highest BCUT2D eigenvalue weighted by Gasteiger charge is 2.21. The van der Waals surface area contributed by atoms with Crippen LogP contribution in [0, 0.1) is 0 Å². The van der Waals surface area contributed by atoms with Gasteiger partial charge in [-0.1, -0.05) is 12.1 Å². The average Bonchev–Trinajstić information content (AvgIpc) is 2.74. The summed E-state index contributed by atoms with van der Waals surface area (Å²) in [5.74, 6) is -0.289. The number of ether oxygens (including phenoxy) is 1. The lowest BCUT2D eigenvalue weighted by Gasteiger charge is -2.34. The number of nitrogens with one attached hydrogen (secondary N) is 1. The minimum absolute atomic E-state index is 0.0488. The fraction of sp³-hybridized carbons (Fsp3) is 0.350. The van der Waals surface area contributed by atoms with Crippen molar-refractivity contribution >= 4 is 29.3 Å². The molecule has 0 unspecified atom stereocenters. The summed E-state index contributed by atoms with van der Waals surface area (Å²) in [6.45, 7) is 5.98. The SMILES string of the molecule is CCOC(=O)c1ccccc1NC(=O)c1cc(N2CCN(C(C)=O)CC2)ncn1. The third kappa shape index (κ3) is 4.87. The fourth-order valence-electron chi connectivity index (χ4n) is 3.06. The van der Waals surface area contributed by atoms with Gasteiger partial charge in [-0.05, 0) is 19.1 Å². The number of hydrogen-bond acceptors (Lipinski definition) is 7. The molecule has 1 aromatic heterocycles. The molecule has 1 aliphatic rings. The molecule has 29 heavy (non-hydrogen) atoms. The number of esters is 1. The van der Waals surface area contributed by atoms with E-state index in [1.54, 1.807) is 49.1 Å². The van der Waals surface area contributed by atoms with Crippen LogP contribution >= 0.6 is 0 Å². The maximum absolute atomic E-state index is 12.7. The summed E-state index contributed by atoms with van der Waals surface area (Å²) < 4.78 is 5.03. The van der Waals surface area contributed by atoms with Crippen LogP contribution in [0.3, 0.4) is 0 Å². The van der Waals surface area contributed by atoms with E-state index < -0.39 is 11.9 Å². The van der Waals surface area contributed by atoms with Crippen LogP contribution in [0.2, 0.25) is 0 Å². The third-order valence-electron chi connectivity index (χ3n) is 4.60. The molecule has 0 radical (unpaired) electrons. The normalized spacial score (nSPS) is 13.7. The number of hydrogen-bond donors (Lipinski definition) is 1. The highest BCUT2D eigenvalue weighted by Crippen LogP contribution is 2.19. The van der Waals surface area contributed by atoms with Crippen molar-refractivity contribution in [1.82, 2.24) is 14.9 Å². The van der Waals surface area contributed by atoms with E-state index in [1.165, 1.54) is 6.33 Å². The van der Waals surface area contributed by atoms with Crippen LogP contribution in [-0.4, -0.2) is 65.4 Å². The number of amides is 2. The fourth-order valence-corrected chi connectivity index (χ4v) is 3.06. The second-order valence-corrected chi connectivity index (χ2v) is 6.47. The number of carbonyl (C=O) groups excluding carboxylic acids is 3. The van der Waals surface area contributed by atoms with Gasteiger partial charge in [0.05, 0.1) is 17.9 Å². The highest BCUT2D eigenvalue weighted by molar-refractivity contribution is 6.07. The van der Waals surface area contributed by atoms with Crippen molar-refractivity contribution in [3.8, 4) is 0 Å². The van der Waals surface area contributed by atoms with Gasteiger partial charge in [0.15, 0.2) is 0 Å².